The Morgan fingerprint density at radius 3 is 2.64 bits per heavy atom. The molecule has 2 N–H and O–H groups in total. The first-order valence-electron chi connectivity index (χ1n) is 9.25. The maximum atomic E-state index is 14.4. The van der Waals surface area contributed by atoms with Crippen molar-refractivity contribution in [3.05, 3.63) is 63.7 Å². The normalized spacial score (nSPS) is 22.3. The zero-order chi connectivity index (χ0) is 20.3. The molecule has 1 heterocycles. The number of aliphatic hydroxyl groups excluding tert-OH is 2. The van der Waals surface area contributed by atoms with Crippen LogP contribution in [0.5, 0.6) is 5.75 Å². The Labute approximate surface area is 167 Å². The van der Waals surface area contributed by atoms with Gasteiger partial charge in [0.25, 0.3) is 0 Å². The Balaban J connectivity index is 1.85. The maximum Gasteiger partial charge on any atom is 0.200 e. The molecule has 0 unspecified atom stereocenters. The fraction of sp³-hybridized carbons (Fsp3) is 0.429. The standard InChI is InChI=1S/C21H23ClF2O4/c1-2-27-18-6-4-13(20(23)21(18)24)8-14-7-12(3-5-17(14)22)19-10-15(26)9-16(11-25)28-19/h3-7,15-16,19,25-26H,2,8-11H2,1H3/t15-,16-,19+/m0/s1. The third-order valence-electron chi connectivity index (χ3n) is 4.83. The first-order valence-corrected chi connectivity index (χ1v) is 9.63. The van der Waals surface area contributed by atoms with Gasteiger partial charge in [0, 0.05) is 24.3 Å². The lowest BCUT2D eigenvalue weighted by Gasteiger charge is -2.32. The molecule has 3 atom stereocenters. The smallest absolute Gasteiger partial charge is 0.200 e. The monoisotopic (exact) mass is 412 g/mol. The van der Waals surface area contributed by atoms with E-state index in [1.165, 1.54) is 12.1 Å². The summed E-state index contributed by atoms with van der Waals surface area (Å²) in [5.74, 6) is -2.10. The SMILES string of the molecule is CCOc1ccc(Cc2cc([C@H]3C[C@@H](O)C[C@@H](CO)O3)ccc2Cl)c(F)c1F. The van der Waals surface area contributed by atoms with Crippen LogP contribution in [0.25, 0.3) is 0 Å². The van der Waals surface area contributed by atoms with Crippen molar-refractivity contribution < 1.29 is 28.5 Å². The summed E-state index contributed by atoms with van der Waals surface area (Å²) >= 11 is 6.27. The third kappa shape index (κ3) is 4.63. The molecule has 0 saturated carbocycles. The fourth-order valence-electron chi connectivity index (χ4n) is 3.43. The lowest BCUT2D eigenvalue weighted by atomic mass is 9.94. The van der Waals surface area contributed by atoms with Gasteiger partial charge >= 0.3 is 0 Å². The highest BCUT2D eigenvalue weighted by Gasteiger charge is 2.29. The molecule has 0 bridgehead atoms. The van der Waals surface area contributed by atoms with E-state index in [1.54, 1.807) is 25.1 Å². The number of ether oxygens (including phenoxy) is 2. The van der Waals surface area contributed by atoms with Crippen LogP contribution in [0.1, 0.15) is 42.6 Å². The fourth-order valence-corrected chi connectivity index (χ4v) is 3.62. The van der Waals surface area contributed by atoms with Crippen LogP contribution in [0, 0.1) is 11.6 Å². The molecule has 0 radical (unpaired) electrons. The Morgan fingerprint density at radius 2 is 1.93 bits per heavy atom. The van der Waals surface area contributed by atoms with E-state index < -0.39 is 29.9 Å². The second-order valence-corrected chi connectivity index (χ2v) is 7.27. The minimum Gasteiger partial charge on any atom is -0.491 e. The second-order valence-electron chi connectivity index (χ2n) is 6.87. The Kier molecular flexibility index (Phi) is 6.88. The van der Waals surface area contributed by atoms with Gasteiger partial charge in [-0.15, -0.1) is 0 Å². The maximum absolute atomic E-state index is 14.4. The summed E-state index contributed by atoms with van der Waals surface area (Å²) in [6.45, 7) is 1.76. The predicted molar refractivity (Wildman–Crippen MR) is 102 cm³/mol. The molecule has 1 aliphatic rings. The van der Waals surface area contributed by atoms with Crippen LogP contribution in [-0.4, -0.2) is 35.6 Å². The molecule has 1 aliphatic heterocycles. The third-order valence-corrected chi connectivity index (χ3v) is 5.20. The molecule has 0 aromatic heterocycles. The van der Waals surface area contributed by atoms with Gasteiger partial charge in [0.05, 0.1) is 31.5 Å². The van der Waals surface area contributed by atoms with Crippen LogP contribution in [0.2, 0.25) is 5.02 Å². The van der Waals surface area contributed by atoms with Crippen molar-refractivity contribution in [3.8, 4) is 5.75 Å². The number of rotatable bonds is 6. The van der Waals surface area contributed by atoms with E-state index in [4.69, 9.17) is 21.1 Å². The Hall–Kier alpha value is -1.73. The van der Waals surface area contributed by atoms with Gasteiger partial charge in [0.15, 0.2) is 11.6 Å². The molecule has 0 amide bonds. The lowest BCUT2D eigenvalue weighted by molar-refractivity contribution is -0.113. The summed E-state index contributed by atoms with van der Waals surface area (Å²) in [6.07, 6.45) is -0.550. The number of hydrogen-bond donors (Lipinski definition) is 2. The van der Waals surface area contributed by atoms with Crippen LogP contribution in [0.15, 0.2) is 30.3 Å². The molecule has 3 rings (SSSR count). The highest BCUT2D eigenvalue weighted by molar-refractivity contribution is 6.31. The average Bonchev–Trinajstić information content (AvgIpc) is 2.68. The molecule has 1 saturated heterocycles. The quantitative estimate of drug-likeness (QED) is 0.747. The topological polar surface area (TPSA) is 58.9 Å². The van der Waals surface area contributed by atoms with E-state index in [0.717, 1.165) is 5.56 Å². The highest BCUT2D eigenvalue weighted by atomic mass is 35.5. The highest BCUT2D eigenvalue weighted by Crippen LogP contribution is 2.34. The van der Waals surface area contributed by atoms with Crippen molar-refractivity contribution in [2.45, 2.75) is 44.5 Å². The molecule has 2 aromatic rings. The van der Waals surface area contributed by atoms with Crippen molar-refractivity contribution in [2.24, 2.45) is 0 Å². The lowest BCUT2D eigenvalue weighted by Crippen LogP contribution is -2.33. The minimum absolute atomic E-state index is 0.0978. The van der Waals surface area contributed by atoms with Crippen LogP contribution in [0.4, 0.5) is 8.78 Å². The molecule has 7 heteroatoms. The van der Waals surface area contributed by atoms with Crippen molar-refractivity contribution in [1.82, 2.24) is 0 Å². The number of benzene rings is 2. The second kappa shape index (κ2) is 9.18. The van der Waals surface area contributed by atoms with Gasteiger partial charge in [0.1, 0.15) is 0 Å². The molecule has 0 spiro atoms. The molecular formula is C21H23ClF2O4. The molecule has 28 heavy (non-hydrogen) atoms. The van der Waals surface area contributed by atoms with Crippen molar-refractivity contribution in [2.75, 3.05) is 13.2 Å². The first-order chi connectivity index (χ1) is 13.4. The van der Waals surface area contributed by atoms with Gasteiger partial charge in [-0.25, -0.2) is 4.39 Å². The van der Waals surface area contributed by atoms with Gasteiger partial charge in [-0.05, 0) is 35.7 Å². The Morgan fingerprint density at radius 1 is 1.14 bits per heavy atom. The van der Waals surface area contributed by atoms with Crippen LogP contribution in [-0.2, 0) is 11.2 Å². The molecule has 4 nitrogen and oxygen atoms in total. The minimum atomic E-state index is -1.02. The first kappa shape index (κ1) is 21.0. The van der Waals surface area contributed by atoms with E-state index >= 15 is 0 Å². The van der Waals surface area contributed by atoms with E-state index in [-0.39, 0.29) is 30.9 Å². The van der Waals surface area contributed by atoms with Gasteiger partial charge < -0.3 is 19.7 Å². The van der Waals surface area contributed by atoms with Gasteiger partial charge in [-0.2, -0.15) is 4.39 Å². The van der Waals surface area contributed by atoms with E-state index in [0.29, 0.717) is 23.4 Å². The van der Waals surface area contributed by atoms with Gasteiger partial charge in [-0.3, -0.25) is 0 Å². The molecular weight excluding hydrogens is 390 g/mol. The summed E-state index contributed by atoms with van der Waals surface area (Å²) in [7, 11) is 0. The summed E-state index contributed by atoms with van der Waals surface area (Å²) in [5, 5.41) is 19.8. The van der Waals surface area contributed by atoms with Crippen molar-refractivity contribution >= 4 is 11.6 Å². The van der Waals surface area contributed by atoms with E-state index in [9.17, 15) is 19.0 Å². The van der Waals surface area contributed by atoms with Crippen LogP contribution in [0.3, 0.4) is 0 Å². The molecule has 2 aromatic carbocycles. The molecule has 152 valence electrons. The zero-order valence-corrected chi connectivity index (χ0v) is 16.3. The predicted octanol–water partition coefficient (Wildman–Crippen LogP) is 4.18. The average molecular weight is 413 g/mol. The van der Waals surface area contributed by atoms with Gasteiger partial charge in [0.2, 0.25) is 5.82 Å². The van der Waals surface area contributed by atoms with Crippen molar-refractivity contribution in [3.63, 3.8) is 0 Å². The van der Waals surface area contributed by atoms with Crippen LogP contribution < -0.4 is 4.74 Å². The van der Waals surface area contributed by atoms with Crippen molar-refractivity contribution in [1.29, 1.82) is 0 Å². The molecule has 1 fully saturated rings. The Bertz CT molecular complexity index is 830. The molecule has 0 aliphatic carbocycles. The number of aliphatic hydroxyl groups is 2. The summed E-state index contributed by atoms with van der Waals surface area (Å²) in [4.78, 5) is 0. The van der Waals surface area contributed by atoms with E-state index in [1.807, 2.05) is 0 Å². The van der Waals surface area contributed by atoms with Crippen LogP contribution >= 0.6 is 11.6 Å². The zero-order valence-electron chi connectivity index (χ0n) is 15.5. The number of hydrogen-bond acceptors (Lipinski definition) is 4. The summed E-state index contributed by atoms with van der Waals surface area (Å²) in [5.41, 5.74) is 1.55. The van der Waals surface area contributed by atoms with E-state index in [2.05, 4.69) is 0 Å². The summed E-state index contributed by atoms with van der Waals surface area (Å²) in [6, 6.07) is 8.11. The number of halogens is 3. The van der Waals surface area contributed by atoms with Gasteiger partial charge in [-0.1, -0.05) is 29.8 Å². The largest absolute Gasteiger partial charge is 0.491 e. The summed E-state index contributed by atoms with van der Waals surface area (Å²) < 4.78 is 39.5.